The predicted molar refractivity (Wildman–Crippen MR) is 88.2 cm³/mol. The van der Waals surface area contributed by atoms with E-state index in [1.54, 1.807) is 0 Å². The van der Waals surface area contributed by atoms with Crippen LogP contribution in [0.4, 0.5) is 5.69 Å². The van der Waals surface area contributed by atoms with Gasteiger partial charge >= 0.3 is 0 Å². The van der Waals surface area contributed by atoms with Crippen LogP contribution in [0.2, 0.25) is 0 Å². The van der Waals surface area contributed by atoms with Crippen molar-refractivity contribution in [3.8, 4) is 0 Å². The van der Waals surface area contributed by atoms with Crippen LogP contribution in [-0.4, -0.2) is 48.9 Å². The first kappa shape index (κ1) is 13.8. The van der Waals surface area contributed by atoms with E-state index in [4.69, 9.17) is 4.99 Å². The lowest BCUT2D eigenvalue weighted by atomic mass is 10.1. The molecule has 0 aliphatic carbocycles. The molecule has 21 heavy (non-hydrogen) atoms. The number of hydrogen-bond donors (Lipinski definition) is 0. The molecule has 1 saturated heterocycles. The minimum Gasteiger partial charge on any atom is -0.354 e. The summed E-state index contributed by atoms with van der Waals surface area (Å²) in [7, 11) is 2.17. The Morgan fingerprint density at radius 2 is 1.38 bits per heavy atom. The topological polar surface area (TPSA) is 18.8 Å². The van der Waals surface area contributed by atoms with Crippen molar-refractivity contribution in [1.29, 1.82) is 0 Å². The van der Waals surface area contributed by atoms with Gasteiger partial charge in [-0.2, -0.15) is 0 Å². The molecule has 108 valence electrons. The summed E-state index contributed by atoms with van der Waals surface area (Å²) in [6.07, 6.45) is 0. The van der Waals surface area contributed by atoms with Gasteiger partial charge < -0.3 is 9.80 Å². The Hall–Kier alpha value is -2.13. The van der Waals surface area contributed by atoms with Gasteiger partial charge in [0.05, 0.1) is 5.69 Å². The molecule has 1 heterocycles. The number of hydrogen-bond acceptors (Lipinski definition) is 2. The summed E-state index contributed by atoms with van der Waals surface area (Å²) >= 11 is 0. The van der Waals surface area contributed by atoms with E-state index in [1.165, 1.54) is 5.56 Å². The highest BCUT2D eigenvalue weighted by Gasteiger charge is 2.18. The Kier molecular flexibility index (Phi) is 4.31. The Labute approximate surface area is 126 Å². The second-order valence-corrected chi connectivity index (χ2v) is 5.43. The van der Waals surface area contributed by atoms with Crippen LogP contribution in [0.15, 0.2) is 65.7 Å². The lowest BCUT2D eigenvalue weighted by Crippen LogP contribution is -2.47. The van der Waals surface area contributed by atoms with Crippen molar-refractivity contribution in [2.45, 2.75) is 0 Å². The highest BCUT2D eigenvalue weighted by Crippen LogP contribution is 2.16. The van der Waals surface area contributed by atoms with Crippen LogP contribution in [0.25, 0.3) is 0 Å². The summed E-state index contributed by atoms with van der Waals surface area (Å²) in [6, 6.07) is 20.7. The molecule has 2 aromatic rings. The summed E-state index contributed by atoms with van der Waals surface area (Å²) in [5.41, 5.74) is 2.20. The van der Waals surface area contributed by atoms with Crippen molar-refractivity contribution in [3.05, 3.63) is 66.2 Å². The molecule has 0 aromatic heterocycles. The fourth-order valence-electron chi connectivity index (χ4n) is 2.55. The van der Waals surface area contributed by atoms with Gasteiger partial charge in [-0.3, -0.25) is 0 Å². The number of benzene rings is 2. The van der Waals surface area contributed by atoms with Gasteiger partial charge in [0.25, 0.3) is 0 Å². The van der Waals surface area contributed by atoms with Crippen LogP contribution in [0, 0.1) is 0 Å². The van der Waals surface area contributed by atoms with Crippen molar-refractivity contribution in [1.82, 2.24) is 9.80 Å². The summed E-state index contributed by atoms with van der Waals surface area (Å²) in [5.74, 6) is 1.08. The average Bonchev–Trinajstić information content (AvgIpc) is 2.55. The molecule has 0 radical (unpaired) electrons. The monoisotopic (exact) mass is 279 g/mol. The third kappa shape index (κ3) is 3.50. The van der Waals surface area contributed by atoms with E-state index in [1.807, 2.05) is 24.3 Å². The van der Waals surface area contributed by atoms with Crippen molar-refractivity contribution < 1.29 is 0 Å². The summed E-state index contributed by atoms with van der Waals surface area (Å²) in [6.45, 7) is 4.22. The normalized spacial score (nSPS) is 17.0. The molecule has 3 rings (SSSR count). The van der Waals surface area contributed by atoms with Crippen molar-refractivity contribution in [2.24, 2.45) is 4.99 Å². The first-order valence-corrected chi connectivity index (χ1v) is 7.45. The predicted octanol–water partition coefficient (Wildman–Crippen LogP) is 3.01. The number of para-hydroxylation sites is 1. The first-order valence-electron chi connectivity index (χ1n) is 7.45. The standard InChI is InChI=1S/C18H21N3/c1-20-12-14-21(15-13-20)18(16-8-4-2-5-9-16)19-17-10-6-3-7-11-17/h2-11H,12-15H2,1H3. The minimum atomic E-state index is 1.01. The highest BCUT2D eigenvalue weighted by molar-refractivity contribution is 6.00. The van der Waals surface area contributed by atoms with Crippen molar-refractivity contribution in [2.75, 3.05) is 33.2 Å². The van der Waals surface area contributed by atoms with E-state index in [-0.39, 0.29) is 0 Å². The van der Waals surface area contributed by atoms with Gasteiger partial charge in [0.15, 0.2) is 0 Å². The molecule has 0 unspecified atom stereocenters. The fourth-order valence-corrected chi connectivity index (χ4v) is 2.55. The molecule has 1 aliphatic rings. The molecule has 0 amide bonds. The number of nitrogens with zero attached hydrogens (tertiary/aromatic N) is 3. The molecule has 2 aromatic carbocycles. The second-order valence-electron chi connectivity index (χ2n) is 5.43. The third-order valence-corrected chi connectivity index (χ3v) is 3.83. The van der Waals surface area contributed by atoms with E-state index in [0.717, 1.165) is 37.7 Å². The van der Waals surface area contributed by atoms with E-state index in [9.17, 15) is 0 Å². The fraction of sp³-hybridized carbons (Fsp3) is 0.278. The zero-order valence-corrected chi connectivity index (χ0v) is 12.4. The van der Waals surface area contributed by atoms with Crippen LogP contribution >= 0.6 is 0 Å². The highest BCUT2D eigenvalue weighted by atomic mass is 15.3. The SMILES string of the molecule is CN1CCN(C(=Nc2ccccc2)c2ccccc2)CC1. The lowest BCUT2D eigenvalue weighted by molar-refractivity contribution is 0.216. The van der Waals surface area contributed by atoms with Gasteiger partial charge in [-0.15, -0.1) is 0 Å². The molecular weight excluding hydrogens is 258 g/mol. The Bertz CT molecular complexity index is 584. The Morgan fingerprint density at radius 3 is 2.00 bits per heavy atom. The van der Waals surface area contributed by atoms with Crippen LogP contribution in [0.5, 0.6) is 0 Å². The number of likely N-dealkylation sites (N-methyl/N-ethyl adjacent to an activating group) is 1. The summed E-state index contributed by atoms with van der Waals surface area (Å²) < 4.78 is 0. The molecule has 1 aliphatic heterocycles. The average molecular weight is 279 g/mol. The number of piperazine rings is 1. The van der Waals surface area contributed by atoms with Gasteiger partial charge in [-0.1, -0.05) is 48.5 Å². The first-order chi connectivity index (χ1) is 10.3. The van der Waals surface area contributed by atoms with E-state index >= 15 is 0 Å². The van der Waals surface area contributed by atoms with Gasteiger partial charge in [0.1, 0.15) is 5.84 Å². The Morgan fingerprint density at radius 1 is 0.810 bits per heavy atom. The molecule has 0 atom stereocenters. The zero-order valence-electron chi connectivity index (χ0n) is 12.4. The maximum atomic E-state index is 4.90. The van der Waals surface area contributed by atoms with Crippen LogP contribution in [0.3, 0.4) is 0 Å². The quantitative estimate of drug-likeness (QED) is 0.621. The number of aliphatic imine (C=N–C) groups is 1. The minimum absolute atomic E-state index is 1.01. The van der Waals surface area contributed by atoms with Crippen molar-refractivity contribution >= 4 is 11.5 Å². The van der Waals surface area contributed by atoms with E-state index in [2.05, 4.69) is 53.2 Å². The van der Waals surface area contributed by atoms with Crippen LogP contribution in [-0.2, 0) is 0 Å². The largest absolute Gasteiger partial charge is 0.354 e. The molecule has 0 spiro atoms. The lowest BCUT2D eigenvalue weighted by Gasteiger charge is -2.34. The van der Waals surface area contributed by atoms with E-state index in [0.29, 0.717) is 0 Å². The molecule has 0 saturated carbocycles. The van der Waals surface area contributed by atoms with Gasteiger partial charge in [0, 0.05) is 31.7 Å². The summed E-state index contributed by atoms with van der Waals surface area (Å²) in [5, 5.41) is 0. The second kappa shape index (κ2) is 6.55. The smallest absolute Gasteiger partial charge is 0.136 e. The molecule has 3 heteroatoms. The van der Waals surface area contributed by atoms with Crippen LogP contribution in [0.1, 0.15) is 5.56 Å². The number of rotatable bonds is 2. The number of amidine groups is 1. The van der Waals surface area contributed by atoms with E-state index < -0.39 is 0 Å². The van der Waals surface area contributed by atoms with Crippen LogP contribution < -0.4 is 0 Å². The zero-order chi connectivity index (χ0) is 14.5. The molecular formula is C18H21N3. The summed E-state index contributed by atoms with van der Waals surface area (Å²) in [4.78, 5) is 9.66. The third-order valence-electron chi connectivity index (χ3n) is 3.83. The molecule has 0 bridgehead atoms. The van der Waals surface area contributed by atoms with Gasteiger partial charge in [-0.05, 0) is 19.2 Å². The van der Waals surface area contributed by atoms with Gasteiger partial charge in [0.2, 0.25) is 0 Å². The molecule has 3 nitrogen and oxygen atoms in total. The molecule has 1 fully saturated rings. The molecule has 0 N–H and O–H groups in total. The van der Waals surface area contributed by atoms with Gasteiger partial charge in [-0.25, -0.2) is 4.99 Å². The maximum absolute atomic E-state index is 4.90. The Balaban J connectivity index is 1.94. The van der Waals surface area contributed by atoms with Crippen molar-refractivity contribution in [3.63, 3.8) is 0 Å². The maximum Gasteiger partial charge on any atom is 0.136 e.